The number of nitrogens with zero attached hydrogens (tertiary/aromatic N) is 1. The van der Waals surface area contributed by atoms with Gasteiger partial charge in [-0.1, -0.05) is 45.0 Å². The molecule has 1 saturated carbocycles. The first kappa shape index (κ1) is 14.1. The van der Waals surface area contributed by atoms with Gasteiger partial charge in [-0.15, -0.1) is 0 Å². The molecule has 0 spiro atoms. The zero-order valence-corrected chi connectivity index (χ0v) is 13.2. The normalized spacial score (nSPS) is 32.5. The Balaban J connectivity index is 1.79. The van der Waals surface area contributed by atoms with Crippen LogP contribution in [0.15, 0.2) is 24.3 Å². The Morgan fingerprint density at radius 3 is 2.55 bits per heavy atom. The van der Waals surface area contributed by atoms with Crippen LogP contribution in [0.25, 0.3) is 0 Å². The number of hydrogen-bond acceptors (Lipinski definition) is 2. The minimum absolute atomic E-state index is 0.500. The Kier molecular flexibility index (Phi) is 3.42. The molecular weight excluding hydrogens is 244 g/mol. The van der Waals surface area contributed by atoms with Crippen LogP contribution in [0.1, 0.15) is 51.2 Å². The third kappa shape index (κ3) is 2.64. The minimum Gasteiger partial charge on any atom is -0.326 e. The summed E-state index contributed by atoms with van der Waals surface area (Å²) in [6.07, 6.45) is 4.08. The first-order valence-corrected chi connectivity index (χ1v) is 7.92. The van der Waals surface area contributed by atoms with Gasteiger partial charge in [-0.2, -0.15) is 0 Å². The molecule has 2 unspecified atom stereocenters. The van der Waals surface area contributed by atoms with Crippen molar-refractivity contribution in [3.05, 3.63) is 35.4 Å². The molecule has 0 amide bonds. The van der Waals surface area contributed by atoms with Gasteiger partial charge in [-0.25, -0.2) is 0 Å². The Bertz CT molecular complexity index is 494. The summed E-state index contributed by atoms with van der Waals surface area (Å²) in [5, 5.41) is 0. The molecule has 2 fully saturated rings. The number of rotatable bonds is 3. The highest BCUT2D eigenvalue weighted by atomic mass is 15.2. The van der Waals surface area contributed by atoms with Gasteiger partial charge < -0.3 is 5.73 Å². The topological polar surface area (TPSA) is 29.3 Å². The van der Waals surface area contributed by atoms with Crippen LogP contribution in [-0.2, 0) is 13.1 Å². The van der Waals surface area contributed by atoms with E-state index in [-0.39, 0.29) is 0 Å². The number of nitrogens with two attached hydrogens (primary N) is 1. The van der Waals surface area contributed by atoms with Crippen molar-refractivity contribution in [1.82, 2.24) is 4.90 Å². The van der Waals surface area contributed by atoms with Crippen LogP contribution >= 0.6 is 0 Å². The van der Waals surface area contributed by atoms with Crippen molar-refractivity contribution in [2.75, 3.05) is 6.54 Å². The summed E-state index contributed by atoms with van der Waals surface area (Å²) in [4.78, 5) is 2.71. The van der Waals surface area contributed by atoms with Crippen LogP contribution in [0.5, 0.6) is 0 Å². The first-order valence-electron chi connectivity index (χ1n) is 7.92. The molecule has 1 aromatic rings. The summed E-state index contributed by atoms with van der Waals surface area (Å²) in [6, 6.07) is 9.41. The summed E-state index contributed by atoms with van der Waals surface area (Å²) in [5.41, 5.74) is 9.62. The first-order chi connectivity index (χ1) is 9.41. The molecule has 0 aromatic heterocycles. The fourth-order valence-electron chi connectivity index (χ4n) is 4.89. The van der Waals surface area contributed by atoms with E-state index < -0.39 is 0 Å². The molecular formula is C18H28N2. The molecule has 2 bridgehead atoms. The van der Waals surface area contributed by atoms with Crippen molar-refractivity contribution in [2.45, 2.75) is 59.2 Å². The molecule has 1 saturated heterocycles. The molecule has 1 aromatic carbocycles. The van der Waals surface area contributed by atoms with Crippen LogP contribution < -0.4 is 5.73 Å². The second kappa shape index (κ2) is 4.85. The van der Waals surface area contributed by atoms with Gasteiger partial charge in [0.15, 0.2) is 0 Å². The maximum Gasteiger partial charge on any atom is 0.0240 e. The van der Waals surface area contributed by atoms with E-state index in [1.807, 2.05) is 0 Å². The quantitative estimate of drug-likeness (QED) is 0.912. The van der Waals surface area contributed by atoms with Crippen LogP contribution in [-0.4, -0.2) is 17.5 Å². The molecule has 20 heavy (non-hydrogen) atoms. The van der Waals surface area contributed by atoms with Crippen LogP contribution in [0.4, 0.5) is 0 Å². The molecule has 2 atom stereocenters. The number of likely N-dealkylation sites (tertiary alicyclic amines) is 1. The SMILES string of the molecule is CC1(C)CC2CC(C)(CN2Cc2ccccc2CN)C1. The zero-order valence-electron chi connectivity index (χ0n) is 13.2. The monoisotopic (exact) mass is 272 g/mol. The maximum atomic E-state index is 5.88. The molecule has 2 nitrogen and oxygen atoms in total. The van der Waals surface area contributed by atoms with Crippen LogP contribution in [0.2, 0.25) is 0 Å². The van der Waals surface area contributed by atoms with Gasteiger partial charge in [-0.3, -0.25) is 4.90 Å². The molecule has 2 N–H and O–H groups in total. The zero-order chi connectivity index (χ0) is 14.4. The van der Waals surface area contributed by atoms with Crippen molar-refractivity contribution in [3.63, 3.8) is 0 Å². The van der Waals surface area contributed by atoms with E-state index in [1.165, 1.54) is 36.9 Å². The molecule has 110 valence electrons. The lowest BCUT2D eigenvalue weighted by Crippen LogP contribution is -2.34. The van der Waals surface area contributed by atoms with E-state index in [4.69, 9.17) is 5.73 Å². The van der Waals surface area contributed by atoms with Gasteiger partial charge in [0.05, 0.1) is 0 Å². The van der Waals surface area contributed by atoms with Gasteiger partial charge in [0.2, 0.25) is 0 Å². The number of benzene rings is 1. The standard InChI is InChI=1S/C18H28N2/c1-17(2)8-16-9-18(3,12-17)13-20(16)11-15-7-5-4-6-14(15)10-19/h4-7,16H,8-13,19H2,1-3H3. The molecule has 1 heterocycles. The van der Waals surface area contributed by atoms with Gasteiger partial charge in [0.1, 0.15) is 0 Å². The summed E-state index contributed by atoms with van der Waals surface area (Å²) in [6.45, 7) is 10.3. The average molecular weight is 272 g/mol. The highest BCUT2D eigenvalue weighted by molar-refractivity contribution is 5.27. The molecule has 1 aliphatic heterocycles. The fraction of sp³-hybridized carbons (Fsp3) is 0.667. The summed E-state index contributed by atoms with van der Waals surface area (Å²) < 4.78 is 0. The summed E-state index contributed by atoms with van der Waals surface area (Å²) in [7, 11) is 0. The van der Waals surface area contributed by atoms with E-state index >= 15 is 0 Å². The lowest BCUT2D eigenvalue weighted by Gasteiger charge is -2.40. The summed E-state index contributed by atoms with van der Waals surface area (Å²) in [5.74, 6) is 0. The van der Waals surface area contributed by atoms with E-state index in [2.05, 4.69) is 49.9 Å². The minimum atomic E-state index is 0.500. The van der Waals surface area contributed by atoms with Gasteiger partial charge >= 0.3 is 0 Å². The van der Waals surface area contributed by atoms with Crippen molar-refractivity contribution in [1.29, 1.82) is 0 Å². The van der Waals surface area contributed by atoms with Gasteiger partial charge in [0.25, 0.3) is 0 Å². The van der Waals surface area contributed by atoms with Gasteiger partial charge in [-0.05, 0) is 41.2 Å². The third-order valence-electron chi connectivity index (χ3n) is 5.23. The third-order valence-corrected chi connectivity index (χ3v) is 5.23. The van der Waals surface area contributed by atoms with Crippen molar-refractivity contribution < 1.29 is 0 Å². The lowest BCUT2D eigenvalue weighted by molar-refractivity contribution is 0.126. The number of hydrogen-bond donors (Lipinski definition) is 1. The highest BCUT2D eigenvalue weighted by Gasteiger charge is 2.49. The Hall–Kier alpha value is -0.860. The summed E-state index contributed by atoms with van der Waals surface area (Å²) >= 11 is 0. The van der Waals surface area contributed by atoms with Gasteiger partial charge in [0, 0.05) is 25.7 Å². The van der Waals surface area contributed by atoms with E-state index in [1.54, 1.807) is 0 Å². The Labute approximate surface area is 123 Å². The highest BCUT2D eigenvalue weighted by Crippen LogP contribution is 2.52. The van der Waals surface area contributed by atoms with E-state index in [9.17, 15) is 0 Å². The fourth-order valence-corrected chi connectivity index (χ4v) is 4.89. The van der Waals surface area contributed by atoms with E-state index in [0.29, 0.717) is 17.4 Å². The molecule has 2 aliphatic rings. The second-order valence-electron chi connectivity index (χ2n) is 8.09. The molecule has 3 rings (SSSR count). The Morgan fingerprint density at radius 2 is 1.85 bits per heavy atom. The second-order valence-corrected chi connectivity index (χ2v) is 8.09. The predicted octanol–water partition coefficient (Wildman–Crippen LogP) is 3.55. The molecule has 2 heteroatoms. The molecule has 1 aliphatic carbocycles. The van der Waals surface area contributed by atoms with E-state index in [0.717, 1.165) is 12.6 Å². The van der Waals surface area contributed by atoms with Crippen LogP contribution in [0, 0.1) is 10.8 Å². The largest absolute Gasteiger partial charge is 0.326 e. The average Bonchev–Trinajstić information content (AvgIpc) is 2.59. The van der Waals surface area contributed by atoms with Crippen molar-refractivity contribution >= 4 is 0 Å². The lowest BCUT2D eigenvalue weighted by atomic mass is 9.65. The maximum absolute atomic E-state index is 5.88. The van der Waals surface area contributed by atoms with Crippen molar-refractivity contribution in [3.8, 4) is 0 Å². The van der Waals surface area contributed by atoms with Crippen molar-refractivity contribution in [2.24, 2.45) is 16.6 Å². The predicted molar refractivity (Wildman–Crippen MR) is 84.3 cm³/mol. The van der Waals surface area contributed by atoms with Crippen LogP contribution in [0.3, 0.4) is 0 Å². The molecule has 0 radical (unpaired) electrons. The smallest absolute Gasteiger partial charge is 0.0240 e. The Morgan fingerprint density at radius 1 is 1.15 bits per heavy atom. The number of fused-ring (bicyclic) bond motifs is 2.